The van der Waals surface area contributed by atoms with Crippen LogP contribution in [0.25, 0.3) is 0 Å². The number of carbonyl (C=O) groups is 1. The first-order chi connectivity index (χ1) is 15.9. The maximum absolute atomic E-state index is 12.5. The zero-order valence-corrected chi connectivity index (χ0v) is 20.0. The number of nitrogens with zero attached hydrogens (tertiary/aromatic N) is 3. The monoisotopic (exact) mass is 470 g/mol. The van der Waals surface area contributed by atoms with Crippen molar-refractivity contribution in [1.29, 1.82) is 0 Å². The summed E-state index contributed by atoms with van der Waals surface area (Å²) in [5.41, 5.74) is 3.09. The van der Waals surface area contributed by atoms with Gasteiger partial charge in [-0.3, -0.25) is 9.78 Å². The molecule has 0 unspecified atom stereocenters. The maximum Gasteiger partial charge on any atom is 0.262 e. The lowest BCUT2D eigenvalue weighted by atomic mass is 10.2. The number of benzene rings is 1. The molecule has 1 N–H and O–H groups in total. The van der Waals surface area contributed by atoms with E-state index in [1.807, 2.05) is 19.9 Å². The summed E-state index contributed by atoms with van der Waals surface area (Å²) < 4.78 is 21.5. The van der Waals surface area contributed by atoms with Crippen LogP contribution in [0.1, 0.15) is 17.1 Å². The Morgan fingerprint density at radius 3 is 2.33 bits per heavy atom. The van der Waals surface area contributed by atoms with Crippen molar-refractivity contribution >= 4 is 23.4 Å². The van der Waals surface area contributed by atoms with E-state index in [0.717, 1.165) is 17.1 Å². The summed E-state index contributed by atoms with van der Waals surface area (Å²) >= 11 is 1.47. The Hall–Kier alpha value is -3.53. The highest BCUT2D eigenvalue weighted by molar-refractivity contribution is 7.98. The van der Waals surface area contributed by atoms with Crippen LogP contribution >= 0.6 is 11.8 Å². The Kier molecular flexibility index (Phi) is 8.31. The summed E-state index contributed by atoms with van der Waals surface area (Å²) in [4.78, 5) is 25.7. The zero-order chi connectivity index (χ0) is 23.8. The number of aromatic nitrogens is 3. The highest BCUT2D eigenvalue weighted by Crippen LogP contribution is 2.30. The van der Waals surface area contributed by atoms with E-state index in [1.165, 1.54) is 26.0 Å². The molecule has 9 nitrogen and oxygen atoms in total. The minimum absolute atomic E-state index is 0.220. The van der Waals surface area contributed by atoms with Gasteiger partial charge in [0.15, 0.2) is 23.3 Å². The highest BCUT2D eigenvalue weighted by atomic mass is 32.2. The van der Waals surface area contributed by atoms with Gasteiger partial charge >= 0.3 is 0 Å². The van der Waals surface area contributed by atoms with E-state index in [4.69, 9.17) is 18.9 Å². The van der Waals surface area contributed by atoms with Crippen molar-refractivity contribution < 1.29 is 23.7 Å². The van der Waals surface area contributed by atoms with Crippen LogP contribution in [-0.4, -0.2) is 48.8 Å². The van der Waals surface area contributed by atoms with Crippen LogP contribution in [0, 0.1) is 13.8 Å². The average molecular weight is 471 g/mol. The lowest BCUT2D eigenvalue weighted by Gasteiger charge is -2.13. The molecule has 0 radical (unpaired) electrons. The van der Waals surface area contributed by atoms with Gasteiger partial charge in [0.1, 0.15) is 11.5 Å². The van der Waals surface area contributed by atoms with Crippen LogP contribution in [-0.2, 0) is 10.5 Å². The van der Waals surface area contributed by atoms with Gasteiger partial charge in [0.2, 0.25) is 0 Å². The lowest BCUT2D eigenvalue weighted by Crippen LogP contribution is -2.20. The zero-order valence-electron chi connectivity index (χ0n) is 19.2. The largest absolute Gasteiger partial charge is 0.497 e. The van der Waals surface area contributed by atoms with Crippen LogP contribution in [0.3, 0.4) is 0 Å². The van der Waals surface area contributed by atoms with Gasteiger partial charge < -0.3 is 24.3 Å². The van der Waals surface area contributed by atoms with Crippen LogP contribution < -0.4 is 24.3 Å². The Balaban J connectivity index is 1.64. The molecule has 0 saturated carbocycles. The second kappa shape index (κ2) is 11.4. The average Bonchev–Trinajstić information content (AvgIpc) is 2.81. The summed E-state index contributed by atoms with van der Waals surface area (Å²) in [7, 11) is 4.60. The molecule has 3 aromatic rings. The minimum atomic E-state index is -0.350. The van der Waals surface area contributed by atoms with Gasteiger partial charge in [-0.2, -0.15) is 0 Å². The molecular formula is C23H26N4O5S. The quantitative estimate of drug-likeness (QED) is 0.350. The predicted octanol–water partition coefficient (Wildman–Crippen LogP) is 3.82. The van der Waals surface area contributed by atoms with Gasteiger partial charge in [-0.1, -0.05) is 11.8 Å². The molecule has 2 aromatic heterocycles. The highest BCUT2D eigenvalue weighted by Gasteiger charge is 2.13. The van der Waals surface area contributed by atoms with Crippen molar-refractivity contribution in [2.75, 3.05) is 33.3 Å². The summed E-state index contributed by atoms with van der Waals surface area (Å²) in [5.74, 6) is 2.15. The molecule has 0 bridgehead atoms. The molecule has 0 aliphatic rings. The molecule has 174 valence electrons. The number of methoxy groups -OCH3 is 3. The lowest BCUT2D eigenvalue weighted by molar-refractivity contribution is -0.118. The number of carbonyl (C=O) groups excluding carboxylic acids is 1. The number of rotatable bonds is 10. The van der Waals surface area contributed by atoms with Crippen molar-refractivity contribution in [3.8, 4) is 23.0 Å². The molecule has 0 fully saturated rings. The molecular weight excluding hydrogens is 444 g/mol. The van der Waals surface area contributed by atoms with E-state index >= 15 is 0 Å². The van der Waals surface area contributed by atoms with Crippen molar-refractivity contribution in [2.45, 2.75) is 24.8 Å². The summed E-state index contributed by atoms with van der Waals surface area (Å²) in [6.07, 6.45) is 1.57. The Morgan fingerprint density at radius 1 is 0.939 bits per heavy atom. The van der Waals surface area contributed by atoms with E-state index in [1.54, 1.807) is 37.6 Å². The van der Waals surface area contributed by atoms with E-state index in [2.05, 4.69) is 20.3 Å². The van der Waals surface area contributed by atoms with Crippen LogP contribution in [0.5, 0.6) is 23.0 Å². The van der Waals surface area contributed by atoms with Gasteiger partial charge in [0, 0.05) is 29.3 Å². The maximum atomic E-state index is 12.5. The minimum Gasteiger partial charge on any atom is -0.497 e. The number of hydrogen-bond acceptors (Lipinski definition) is 9. The van der Waals surface area contributed by atoms with E-state index < -0.39 is 0 Å². The predicted molar refractivity (Wildman–Crippen MR) is 126 cm³/mol. The molecule has 33 heavy (non-hydrogen) atoms. The molecule has 3 rings (SSSR count). The third kappa shape index (κ3) is 6.72. The molecule has 1 amide bonds. The van der Waals surface area contributed by atoms with Crippen molar-refractivity contribution in [3.05, 3.63) is 53.6 Å². The van der Waals surface area contributed by atoms with Gasteiger partial charge in [-0.05, 0) is 32.0 Å². The molecule has 1 aromatic carbocycles. The number of amides is 1. The number of anilines is 1. The molecule has 0 aliphatic heterocycles. The number of hydrogen-bond donors (Lipinski definition) is 1. The summed E-state index contributed by atoms with van der Waals surface area (Å²) in [6.45, 7) is 3.65. The molecule has 0 atom stereocenters. The van der Waals surface area contributed by atoms with Gasteiger partial charge in [-0.15, -0.1) is 0 Å². The Morgan fingerprint density at radius 2 is 1.67 bits per heavy atom. The van der Waals surface area contributed by atoms with E-state index in [9.17, 15) is 4.79 Å². The number of thioether (sulfide) groups is 1. The third-order valence-electron chi connectivity index (χ3n) is 4.46. The fourth-order valence-corrected chi connectivity index (χ4v) is 3.79. The summed E-state index contributed by atoms with van der Waals surface area (Å²) in [6, 6.07) is 8.79. The third-order valence-corrected chi connectivity index (χ3v) is 5.34. The SMILES string of the molecule is COc1ccc(NC(=O)COc2cc(CSc3nc(C)cc(C)n3)ncc2OC)c(OC)c1. The van der Waals surface area contributed by atoms with Gasteiger partial charge in [0.25, 0.3) is 5.91 Å². The van der Waals surface area contributed by atoms with Gasteiger partial charge in [0.05, 0.1) is 38.9 Å². The fourth-order valence-electron chi connectivity index (χ4n) is 2.94. The van der Waals surface area contributed by atoms with E-state index in [0.29, 0.717) is 39.6 Å². The Bertz CT molecular complexity index is 1110. The molecule has 10 heteroatoms. The van der Waals surface area contributed by atoms with Crippen molar-refractivity contribution in [2.24, 2.45) is 0 Å². The first-order valence-electron chi connectivity index (χ1n) is 10.0. The molecule has 2 heterocycles. The smallest absolute Gasteiger partial charge is 0.262 e. The second-order valence-electron chi connectivity index (χ2n) is 6.95. The number of ether oxygens (including phenoxy) is 4. The molecule has 0 saturated heterocycles. The number of nitrogens with one attached hydrogen (secondary N) is 1. The standard InChI is InChI=1S/C23H26N4O5S/c1-14-8-15(2)26-23(25-14)33-13-16-9-20(21(31-5)11-24-16)32-12-22(28)27-18-7-6-17(29-3)10-19(18)30-4/h6-11H,12-13H2,1-5H3,(H,27,28). The van der Waals surface area contributed by atoms with Crippen LogP contribution in [0.2, 0.25) is 0 Å². The van der Waals surface area contributed by atoms with Crippen LogP contribution in [0.15, 0.2) is 41.7 Å². The first-order valence-corrected chi connectivity index (χ1v) is 11.0. The fraction of sp³-hybridized carbons (Fsp3) is 0.304. The topological polar surface area (TPSA) is 105 Å². The van der Waals surface area contributed by atoms with Gasteiger partial charge in [-0.25, -0.2) is 9.97 Å². The molecule has 0 aliphatic carbocycles. The summed E-state index contributed by atoms with van der Waals surface area (Å²) in [5, 5.41) is 3.45. The normalized spacial score (nSPS) is 10.5. The van der Waals surface area contributed by atoms with Crippen molar-refractivity contribution in [3.63, 3.8) is 0 Å². The number of pyridine rings is 1. The number of aryl methyl sites for hydroxylation is 2. The second-order valence-corrected chi connectivity index (χ2v) is 7.89. The van der Waals surface area contributed by atoms with Crippen molar-refractivity contribution in [1.82, 2.24) is 15.0 Å². The first kappa shape index (κ1) is 24.1. The molecule has 0 spiro atoms. The van der Waals surface area contributed by atoms with E-state index in [-0.39, 0.29) is 12.5 Å². The van der Waals surface area contributed by atoms with Crippen LogP contribution in [0.4, 0.5) is 5.69 Å². The Labute approximate surface area is 196 Å².